The quantitative estimate of drug-likeness (QED) is 0.460. The fourth-order valence-corrected chi connectivity index (χ4v) is 4.46. The monoisotopic (exact) mass is 486 g/mol. The van der Waals surface area contributed by atoms with Gasteiger partial charge in [0.15, 0.2) is 0 Å². The van der Waals surface area contributed by atoms with Crippen molar-refractivity contribution in [2.45, 2.75) is 13.8 Å². The Morgan fingerprint density at radius 1 is 0.639 bits per heavy atom. The molecule has 2 aliphatic heterocycles. The maximum Gasteiger partial charge on any atom is 0.341 e. The van der Waals surface area contributed by atoms with Crippen LogP contribution in [-0.2, 0) is 28.7 Å². The van der Waals surface area contributed by atoms with Crippen LogP contribution in [0.15, 0.2) is 83.0 Å². The third-order valence-electron chi connectivity index (χ3n) is 5.98. The Morgan fingerprint density at radius 3 is 1.28 bits per heavy atom. The van der Waals surface area contributed by atoms with Crippen LogP contribution in [0.2, 0.25) is 0 Å². The van der Waals surface area contributed by atoms with Crippen molar-refractivity contribution in [2.75, 3.05) is 27.3 Å². The number of amides is 2. The molecule has 184 valence electrons. The van der Waals surface area contributed by atoms with Gasteiger partial charge in [-0.2, -0.15) is 0 Å². The van der Waals surface area contributed by atoms with Gasteiger partial charge < -0.3 is 19.3 Å². The van der Waals surface area contributed by atoms with Crippen molar-refractivity contribution in [1.29, 1.82) is 0 Å². The summed E-state index contributed by atoms with van der Waals surface area (Å²) in [5.74, 6) is -2.71. The van der Waals surface area contributed by atoms with Gasteiger partial charge in [-0.05, 0) is 25.0 Å². The second kappa shape index (κ2) is 10.0. The molecular formula is C28H26N2O6. The van der Waals surface area contributed by atoms with Crippen molar-refractivity contribution < 1.29 is 28.7 Å². The highest BCUT2D eigenvalue weighted by atomic mass is 16.5. The van der Waals surface area contributed by atoms with Gasteiger partial charge in [0.1, 0.15) is 0 Å². The lowest BCUT2D eigenvalue weighted by Crippen LogP contribution is -2.25. The van der Waals surface area contributed by atoms with Crippen LogP contribution in [0.25, 0.3) is 11.4 Å². The van der Waals surface area contributed by atoms with Gasteiger partial charge in [-0.25, -0.2) is 9.59 Å². The van der Waals surface area contributed by atoms with E-state index in [4.69, 9.17) is 9.47 Å². The standard InChI is InChI=1S/C28H26N2O6/c1-5-35-27(33)21-19(25(31)29(3)23(21)17-13-9-7-10-14-17)20-22(28(34)36-6-2)24(30(4)26(20)32)18-15-11-8-12-16-18/h7-16H,5-6H2,1-4H3/b20-19+. The summed E-state index contributed by atoms with van der Waals surface area (Å²) < 4.78 is 10.6. The molecule has 0 unspecified atom stereocenters. The van der Waals surface area contributed by atoms with E-state index in [0.29, 0.717) is 22.5 Å². The average molecular weight is 487 g/mol. The predicted octanol–water partition coefficient (Wildman–Crippen LogP) is 3.18. The lowest BCUT2D eigenvalue weighted by atomic mass is 9.93. The highest BCUT2D eigenvalue weighted by Gasteiger charge is 2.47. The Kier molecular flexibility index (Phi) is 6.87. The minimum absolute atomic E-state index is 0.0641. The predicted molar refractivity (Wildman–Crippen MR) is 133 cm³/mol. The van der Waals surface area contributed by atoms with Crippen molar-refractivity contribution in [1.82, 2.24) is 9.80 Å². The highest BCUT2D eigenvalue weighted by molar-refractivity contribution is 6.30. The van der Waals surface area contributed by atoms with E-state index in [0.717, 1.165) is 0 Å². The molecule has 0 N–H and O–H groups in total. The topological polar surface area (TPSA) is 93.2 Å². The van der Waals surface area contributed by atoms with E-state index in [2.05, 4.69) is 0 Å². The van der Waals surface area contributed by atoms with Crippen LogP contribution < -0.4 is 0 Å². The summed E-state index contributed by atoms with van der Waals surface area (Å²) in [6.07, 6.45) is 0. The first kappa shape index (κ1) is 24.7. The Hall–Kier alpha value is -4.46. The van der Waals surface area contributed by atoms with Gasteiger partial charge in [-0.15, -0.1) is 0 Å². The molecular weight excluding hydrogens is 460 g/mol. The van der Waals surface area contributed by atoms with Crippen molar-refractivity contribution in [2.24, 2.45) is 0 Å². The number of esters is 2. The Balaban J connectivity index is 2.11. The molecule has 0 atom stereocenters. The van der Waals surface area contributed by atoms with Crippen molar-refractivity contribution in [3.05, 3.63) is 94.1 Å². The van der Waals surface area contributed by atoms with E-state index in [-0.39, 0.29) is 35.5 Å². The molecule has 36 heavy (non-hydrogen) atoms. The number of ether oxygens (including phenoxy) is 2. The lowest BCUT2D eigenvalue weighted by Gasteiger charge is -2.14. The first-order valence-electron chi connectivity index (χ1n) is 11.6. The molecule has 8 nitrogen and oxygen atoms in total. The minimum atomic E-state index is -0.761. The molecule has 0 bridgehead atoms. The van der Waals surface area contributed by atoms with Gasteiger partial charge in [-0.1, -0.05) is 60.7 Å². The number of nitrogens with zero attached hydrogens (tertiary/aromatic N) is 2. The normalized spacial score (nSPS) is 17.9. The second-order valence-corrected chi connectivity index (χ2v) is 8.10. The summed E-state index contributed by atoms with van der Waals surface area (Å²) in [6, 6.07) is 17.8. The van der Waals surface area contributed by atoms with Gasteiger partial charge in [0.25, 0.3) is 11.8 Å². The first-order chi connectivity index (χ1) is 17.3. The summed E-state index contributed by atoms with van der Waals surface area (Å²) in [7, 11) is 3.04. The third-order valence-corrected chi connectivity index (χ3v) is 5.98. The molecule has 0 saturated carbocycles. The molecule has 0 fully saturated rings. The van der Waals surface area contributed by atoms with Crippen LogP contribution >= 0.6 is 0 Å². The van der Waals surface area contributed by atoms with Crippen LogP contribution in [0.3, 0.4) is 0 Å². The summed E-state index contributed by atoms with van der Waals surface area (Å²) >= 11 is 0. The van der Waals surface area contributed by atoms with Crippen LogP contribution in [0.4, 0.5) is 0 Å². The van der Waals surface area contributed by atoms with E-state index in [1.165, 1.54) is 23.9 Å². The maximum atomic E-state index is 13.7. The molecule has 2 heterocycles. The van der Waals surface area contributed by atoms with Gasteiger partial charge in [-0.3, -0.25) is 9.59 Å². The Morgan fingerprint density at radius 2 is 0.972 bits per heavy atom. The van der Waals surface area contributed by atoms with Crippen molar-refractivity contribution >= 4 is 35.1 Å². The largest absolute Gasteiger partial charge is 0.462 e. The molecule has 2 aromatic rings. The van der Waals surface area contributed by atoms with Gasteiger partial charge in [0.2, 0.25) is 0 Å². The van der Waals surface area contributed by atoms with Gasteiger partial charge in [0, 0.05) is 14.1 Å². The van der Waals surface area contributed by atoms with Gasteiger partial charge >= 0.3 is 11.9 Å². The number of hydrogen-bond donors (Lipinski definition) is 0. The third kappa shape index (κ3) is 4.00. The molecule has 8 heteroatoms. The van der Waals surface area contributed by atoms with Crippen molar-refractivity contribution in [3.63, 3.8) is 0 Å². The maximum absolute atomic E-state index is 13.7. The van der Waals surface area contributed by atoms with E-state index >= 15 is 0 Å². The molecule has 4 rings (SSSR count). The number of hydrogen-bond acceptors (Lipinski definition) is 6. The molecule has 2 aromatic carbocycles. The Bertz CT molecular complexity index is 1240. The minimum Gasteiger partial charge on any atom is -0.462 e. The zero-order chi connectivity index (χ0) is 26.0. The van der Waals surface area contributed by atoms with Crippen LogP contribution in [0, 0.1) is 0 Å². The summed E-state index contributed by atoms with van der Waals surface area (Å²) in [5, 5.41) is 0. The summed E-state index contributed by atoms with van der Waals surface area (Å²) in [6.45, 7) is 3.43. The van der Waals surface area contributed by atoms with E-state index in [1.807, 2.05) is 12.1 Å². The van der Waals surface area contributed by atoms with E-state index in [9.17, 15) is 19.2 Å². The van der Waals surface area contributed by atoms with E-state index in [1.54, 1.807) is 62.4 Å². The van der Waals surface area contributed by atoms with Crippen LogP contribution in [0.5, 0.6) is 0 Å². The van der Waals surface area contributed by atoms with E-state index < -0.39 is 23.8 Å². The highest BCUT2D eigenvalue weighted by Crippen LogP contribution is 2.44. The lowest BCUT2D eigenvalue weighted by molar-refractivity contribution is -0.139. The first-order valence-corrected chi connectivity index (χ1v) is 11.6. The van der Waals surface area contributed by atoms with Gasteiger partial charge in [0.05, 0.1) is 46.9 Å². The number of carbonyl (C=O) groups excluding carboxylic acids is 4. The molecule has 0 radical (unpaired) electrons. The van der Waals surface area contributed by atoms with Crippen LogP contribution in [0.1, 0.15) is 25.0 Å². The molecule has 2 amide bonds. The molecule has 0 spiro atoms. The molecule has 0 aromatic heterocycles. The molecule has 2 aliphatic rings. The second-order valence-electron chi connectivity index (χ2n) is 8.10. The zero-order valence-corrected chi connectivity index (χ0v) is 20.5. The SMILES string of the molecule is CCOC(=O)C1=C(c2ccccc2)N(C)C(=O)/C1=C1/C(=O)N(C)C(c2ccccc2)=C1C(=O)OCC. The fraction of sp³-hybridized carbons (Fsp3) is 0.214. The number of likely N-dealkylation sites (N-methyl/N-ethyl adjacent to an activating group) is 2. The molecule has 0 saturated heterocycles. The zero-order valence-electron chi connectivity index (χ0n) is 20.5. The number of rotatable bonds is 6. The molecule has 0 aliphatic carbocycles. The summed E-state index contributed by atoms with van der Waals surface area (Å²) in [5.41, 5.74) is 1.29. The van der Waals surface area contributed by atoms with Crippen LogP contribution in [-0.4, -0.2) is 60.9 Å². The average Bonchev–Trinajstić information content (AvgIpc) is 3.30. The van der Waals surface area contributed by atoms with Crippen molar-refractivity contribution in [3.8, 4) is 0 Å². The number of benzene rings is 2. The fourth-order valence-electron chi connectivity index (χ4n) is 4.46. The summed E-state index contributed by atoms with van der Waals surface area (Å²) in [4.78, 5) is 56.5. The number of carbonyl (C=O) groups is 4. The Labute approximate surface area is 209 Å². The smallest absolute Gasteiger partial charge is 0.341 e.